The third kappa shape index (κ3) is 4.31. The average Bonchev–Trinajstić information content (AvgIpc) is 2.92. The standard InChI is InChI=1S/C21H25N3O2S2/c1-12(2)10-24-20(26)18-14(4)15(5)28-19(18)23-21(24)27-11-17(25)22-16-9-7-6-8-13(16)3/h6-9,12H,10-11H2,1-5H3,(H,22,25). The van der Waals surface area contributed by atoms with Crippen LogP contribution in [0, 0.1) is 26.7 Å². The fourth-order valence-electron chi connectivity index (χ4n) is 2.97. The number of hydrogen-bond acceptors (Lipinski definition) is 5. The fourth-order valence-corrected chi connectivity index (χ4v) is 4.85. The van der Waals surface area contributed by atoms with Crippen LogP contribution in [0.2, 0.25) is 0 Å². The maximum Gasteiger partial charge on any atom is 0.263 e. The van der Waals surface area contributed by atoms with Crippen molar-refractivity contribution in [3.63, 3.8) is 0 Å². The molecule has 0 atom stereocenters. The van der Waals surface area contributed by atoms with Gasteiger partial charge < -0.3 is 5.32 Å². The van der Waals surface area contributed by atoms with Crippen molar-refractivity contribution >= 4 is 44.9 Å². The second-order valence-electron chi connectivity index (χ2n) is 7.32. The van der Waals surface area contributed by atoms with E-state index >= 15 is 0 Å². The van der Waals surface area contributed by atoms with Gasteiger partial charge in [-0.3, -0.25) is 14.2 Å². The number of nitrogens with one attached hydrogen (secondary N) is 1. The third-order valence-corrected chi connectivity index (χ3v) is 6.63. The molecule has 1 amide bonds. The highest BCUT2D eigenvalue weighted by atomic mass is 32.2. The maximum absolute atomic E-state index is 13.1. The van der Waals surface area contributed by atoms with E-state index in [1.165, 1.54) is 23.1 Å². The number of aryl methyl sites for hydroxylation is 3. The summed E-state index contributed by atoms with van der Waals surface area (Å²) in [6, 6.07) is 7.68. The van der Waals surface area contributed by atoms with Crippen LogP contribution in [-0.4, -0.2) is 21.2 Å². The molecule has 5 nitrogen and oxygen atoms in total. The van der Waals surface area contributed by atoms with E-state index in [9.17, 15) is 9.59 Å². The molecule has 0 aliphatic rings. The predicted octanol–water partition coefficient (Wildman–Crippen LogP) is 4.77. The topological polar surface area (TPSA) is 64.0 Å². The predicted molar refractivity (Wildman–Crippen MR) is 119 cm³/mol. The Hall–Kier alpha value is -2.12. The number of carbonyl (C=O) groups is 1. The Bertz CT molecular complexity index is 1080. The lowest BCUT2D eigenvalue weighted by molar-refractivity contribution is -0.113. The van der Waals surface area contributed by atoms with E-state index in [1.54, 1.807) is 4.57 Å². The number of para-hydroxylation sites is 1. The molecule has 148 valence electrons. The highest BCUT2D eigenvalue weighted by molar-refractivity contribution is 7.99. The Labute approximate surface area is 173 Å². The first kappa shape index (κ1) is 20.6. The van der Waals surface area contributed by atoms with Gasteiger partial charge >= 0.3 is 0 Å². The molecule has 0 saturated heterocycles. The van der Waals surface area contributed by atoms with Gasteiger partial charge in [0.2, 0.25) is 5.91 Å². The normalized spacial score (nSPS) is 11.4. The fraction of sp³-hybridized carbons (Fsp3) is 0.381. The Morgan fingerprint density at radius 2 is 1.96 bits per heavy atom. The molecule has 3 aromatic rings. The maximum atomic E-state index is 13.1. The highest BCUT2D eigenvalue weighted by Gasteiger charge is 2.18. The molecule has 28 heavy (non-hydrogen) atoms. The van der Waals surface area contributed by atoms with Gasteiger partial charge in [0, 0.05) is 17.1 Å². The minimum absolute atomic E-state index is 0.0117. The number of thiophene rings is 1. The van der Waals surface area contributed by atoms with Crippen molar-refractivity contribution in [3.05, 3.63) is 50.6 Å². The first-order chi connectivity index (χ1) is 13.3. The van der Waals surface area contributed by atoms with Crippen LogP contribution in [0.15, 0.2) is 34.2 Å². The summed E-state index contributed by atoms with van der Waals surface area (Å²) in [6.45, 7) is 10.7. The number of rotatable bonds is 6. The molecule has 3 rings (SSSR count). The molecule has 0 radical (unpaired) electrons. The van der Waals surface area contributed by atoms with E-state index in [0.717, 1.165) is 26.5 Å². The van der Waals surface area contributed by atoms with Crippen molar-refractivity contribution in [2.45, 2.75) is 46.3 Å². The molecular weight excluding hydrogens is 390 g/mol. The van der Waals surface area contributed by atoms with Crippen LogP contribution in [0.5, 0.6) is 0 Å². The molecule has 0 saturated carbocycles. The second kappa shape index (κ2) is 8.49. The summed E-state index contributed by atoms with van der Waals surface area (Å²) < 4.78 is 1.72. The molecule has 0 spiro atoms. The van der Waals surface area contributed by atoms with Gasteiger partial charge in [0.05, 0.1) is 11.1 Å². The summed E-state index contributed by atoms with van der Waals surface area (Å²) in [5.41, 5.74) is 2.81. The number of thioether (sulfide) groups is 1. The van der Waals surface area contributed by atoms with Crippen LogP contribution in [0.1, 0.15) is 29.9 Å². The molecule has 0 aliphatic carbocycles. The van der Waals surface area contributed by atoms with Gasteiger partial charge in [-0.25, -0.2) is 4.98 Å². The number of aromatic nitrogens is 2. The lowest BCUT2D eigenvalue weighted by Crippen LogP contribution is -2.26. The van der Waals surface area contributed by atoms with Crippen LogP contribution >= 0.6 is 23.1 Å². The second-order valence-corrected chi connectivity index (χ2v) is 9.46. The number of benzene rings is 1. The van der Waals surface area contributed by atoms with E-state index in [-0.39, 0.29) is 17.2 Å². The summed E-state index contributed by atoms with van der Waals surface area (Å²) in [5.74, 6) is 0.397. The van der Waals surface area contributed by atoms with Gasteiger partial charge in [-0.1, -0.05) is 43.8 Å². The monoisotopic (exact) mass is 415 g/mol. The smallest absolute Gasteiger partial charge is 0.263 e. The van der Waals surface area contributed by atoms with E-state index < -0.39 is 0 Å². The van der Waals surface area contributed by atoms with Crippen LogP contribution in [0.3, 0.4) is 0 Å². The van der Waals surface area contributed by atoms with Gasteiger partial charge in [0.1, 0.15) is 4.83 Å². The molecule has 0 bridgehead atoms. The first-order valence-corrected chi connectivity index (χ1v) is 11.1. The molecule has 0 aliphatic heterocycles. The first-order valence-electron chi connectivity index (χ1n) is 9.26. The molecule has 1 N–H and O–H groups in total. The third-order valence-electron chi connectivity index (χ3n) is 4.55. The molecule has 0 unspecified atom stereocenters. The molecular formula is C21H25N3O2S2. The highest BCUT2D eigenvalue weighted by Crippen LogP contribution is 2.28. The Morgan fingerprint density at radius 1 is 1.25 bits per heavy atom. The molecule has 2 heterocycles. The van der Waals surface area contributed by atoms with Crippen LogP contribution in [0.25, 0.3) is 10.2 Å². The van der Waals surface area contributed by atoms with Gasteiger partial charge in [0.25, 0.3) is 5.56 Å². The van der Waals surface area contributed by atoms with E-state index in [4.69, 9.17) is 4.98 Å². The van der Waals surface area contributed by atoms with Crippen molar-refractivity contribution < 1.29 is 4.79 Å². The van der Waals surface area contributed by atoms with Crippen molar-refractivity contribution in [1.82, 2.24) is 9.55 Å². The van der Waals surface area contributed by atoms with E-state index in [1.807, 2.05) is 45.0 Å². The zero-order valence-corrected chi connectivity index (χ0v) is 18.5. The zero-order valence-electron chi connectivity index (χ0n) is 16.8. The van der Waals surface area contributed by atoms with E-state index in [0.29, 0.717) is 23.0 Å². The molecule has 0 fully saturated rings. The lowest BCUT2D eigenvalue weighted by Gasteiger charge is -2.14. The molecule has 2 aromatic heterocycles. The molecule has 7 heteroatoms. The van der Waals surface area contributed by atoms with Crippen LogP contribution in [0.4, 0.5) is 5.69 Å². The van der Waals surface area contributed by atoms with E-state index in [2.05, 4.69) is 19.2 Å². The molecule has 1 aromatic carbocycles. The Kier molecular flexibility index (Phi) is 6.25. The summed E-state index contributed by atoms with van der Waals surface area (Å²) in [5, 5.41) is 4.24. The summed E-state index contributed by atoms with van der Waals surface area (Å²) >= 11 is 2.85. The van der Waals surface area contributed by atoms with Crippen molar-refractivity contribution in [3.8, 4) is 0 Å². The van der Waals surface area contributed by atoms with Gasteiger partial charge in [-0.15, -0.1) is 11.3 Å². The number of fused-ring (bicyclic) bond motifs is 1. The average molecular weight is 416 g/mol. The Morgan fingerprint density at radius 3 is 2.64 bits per heavy atom. The number of hydrogen-bond donors (Lipinski definition) is 1. The summed E-state index contributed by atoms with van der Waals surface area (Å²) in [6.07, 6.45) is 0. The largest absolute Gasteiger partial charge is 0.325 e. The summed E-state index contributed by atoms with van der Waals surface area (Å²) in [4.78, 5) is 32.1. The minimum atomic E-state index is -0.108. The van der Waals surface area contributed by atoms with Crippen LogP contribution in [-0.2, 0) is 11.3 Å². The van der Waals surface area contributed by atoms with Gasteiger partial charge in [-0.2, -0.15) is 0 Å². The van der Waals surface area contributed by atoms with Crippen molar-refractivity contribution in [1.29, 1.82) is 0 Å². The number of amides is 1. The number of anilines is 1. The number of nitrogens with zero attached hydrogens (tertiary/aromatic N) is 2. The minimum Gasteiger partial charge on any atom is -0.325 e. The zero-order chi connectivity index (χ0) is 20.4. The van der Waals surface area contributed by atoms with Crippen molar-refractivity contribution in [2.24, 2.45) is 5.92 Å². The summed E-state index contributed by atoms with van der Waals surface area (Å²) in [7, 11) is 0. The van der Waals surface area contributed by atoms with Gasteiger partial charge in [0.15, 0.2) is 5.16 Å². The number of carbonyl (C=O) groups excluding carboxylic acids is 1. The van der Waals surface area contributed by atoms with Gasteiger partial charge in [-0.05, 0) is 43.9 Å². The van der Waals surface area contributed by atoms with Crippen molar-refractivity contribution in [2.75, 3.05) is 11.1 Å². The Balaban J connectivity index is 1.88. The van der Waals surface area contributed by atoms with Crippen LogP contribution < -0.4 is 10.9 Å². The SMILES string of the molecule is Cc1ccccc1NC(=O)CSc1nc2sc(C)c(C)c2c(=O)n1CC(C)C. The quantitative estimate of drug-likeness (QED) is 0.465. The lowest BCUT2D eigenvalue weighted by atomic mass is 10.2.